The van der Waals surface area contributed by atoms with Crippen LogP contribution in [0.3, 0.4) is 0 Å². The van der Waals surface area contributed by atoms with Gasteiger partial charge in [-0.25, -0.2) is 8.42 Å². The van der Waals surface area contributed by atoms with Gasteiger partial charge >= 0.3 is 0 Å². The van der Waals surface area contributed by atoms with E-state index in [1.165, 1.54) is 0 Å². The highest BCUT2D eigenvalue weighted by Crippen LogP contribution is 2.17. The molecule has 0 saturated heterocycles. The largest absolute Gasteiger partial charge is 0.508 e. The standard InChI is InChI=1S/C12H15N3O4S/c1-20(17,18)7-11-14-12(19-15-11)10(13)6-8-2-4-9(16)5-3-8/h2-5,10,16H,6-7,13H2,1H3/t10-/m1/s1. The Morgan fingerprint density at radius 1 is 1.35 bits per heavy atom. The van der Waals surface area contributed by atoms with Gasteiger partial charge in [0.15, 0.2) is 15.7 Å². The summed E-state index contributed by atoms with van der Waals surface area (Å²) in [5.41, 5.74) is 6.84. The van der Waals surface area contributed by atoms with Gasteiger partial charge < -0.3 is 15.4 Å². The number of hydrogen-bond acceptors (Lipinski definition) is 7. The van der Waals surface area contributed by atoms with Crippen LogP contribution in [0.1, 0.15) is 23.3 Å². The minimum absolute atomic E-state index is 0.101. The van der Waals surface area contributed by atoms with E-state index in [2.05, 4.69) is 10.1 Å². The van der Waals surface area contributed by atoms with Crippen LogP contribution < -0.4 is 5.73 Å². The van der Waals surface area contributed by atoms with E-state index in [1.807, 2.05) is 0 Å². The molecular weight excluding hydrogens is 282 g/mol. The Bertz CT molecular complexity index is 679. The quantitative estimate of drug-likeness (QED) is 0.827. The number of phenols is 1. The van der Waals surface area contributed by atoms with Gasteiger partial charge in [0.1, 0.15) is 11.5 Å². The van der Waals surface area contributed by atoms with Gasteiger partial charge in [-0.15, -0.1) is 0 Å². The number of aromatic hydroxyl groups is 1. The molecule has 0 unspecified atom stereocenters. The smallest absolute Gasteiger partial charge is 0.243 e. The second-order valence-electron chi connectivity index (χ2n) is 4.60. The molecule has 2 rings (SSSR count). The fourth-order valence-corrected chi connectivity index (χ4v) is 2.27. The van der Waals surface area contributed by atoms with Gasteiger partial charge in [0, 0.05) is 6.26 Å². The van der Waals surface area contributed by atoms with Gasteiger partial charge in [0.05, 0.1) is 6.04 Å². The van der Waals surface area contributed by atoms with Gasteiger partial charge in [-0.1, -0.05) is 17.3 Å². The fraction of sp³-hybridized carbons (Fsp3) is 0.333. The van der Waals surface area contributed by atoms with Crippen LogP contribution in [0.15, 0.2) is 28.8 Å². The van der Waals surface area contributed by atoms with Crippen LogP contribution in [0.25, 0.3) is 0 Å². The summed E-state index contributed by atoms with van der Waals surface area (Å²) in [6.45, 7) is 0. The molecule has 0 saturated carbocycles. The van der Waals surface area contributed by atoms with E-state index in [0.29, 0.717) is 6.42 Å². The summed E-state index contributed by atoms with van der Waals surface area (Å²) in [5, 5.41) is 12.8. The molecule has 7 nitrogen and oxygen atoms in total. The van der Waals surface area contributed by atoms with E-state index in [-0.39, 0.29) is 23.2 Å². The van der Waals surface area contributed by atoms with Gasteiger partial charge in [-0.05, 0) is 24.1 Å². The van der Waals surface area contributed by atoms with E-state index in [9.17, 15) is 13.5 Å². The molecule has 1 heterocycles. The van der Waals surface area contributed by atoms with Crippen molar-refractivity contribution in [1.82, 2.24) is 10.1 Å². The molecule has 2 aromatic rings. The minimum Gasteiger partial charge on any atom is -0.508 e. The highest BCUT2D eigenvalue weighted by molar-refractivity contribution is 7.89. The lowest BCUT2D eigenvalue weighted by Crippen LogP contribution is -2.14. The van der Waals surface area contributed by atoms with E-state index in [0.717, 1.165) is 11.8 Å². The summed E-state index contributed by atoms with van der Waals surface area (Å²) in [7, 11) is -3.21. The SMILES string of the molecule is CS(=O)(=O)Cc1noc([C@H](N)Cc2ccc(O)cc2)n1. The van der Waals surface area contributed by atoms with Crippen molar-refractivity contribution in [2.24, 2.45) is 5.73 Å². The molecule has 0 aliphatic carbocycles. The van der Waals surface area contributed by atoms with E-state index >= 15 is 0 Å². The van der Waals surface area contributed by atoms with Crippen LogP contribution in [0.4, 0.5) is 0 Å². The number of nitrogens with two attached hydrogens (primary N) is 1. The fourth-order valence-electron chi connectivity index (χ4n) is 1.68. The second kappa shape index (κ2) is 5.59. The molecule has 1 atom stereocenters. The first-order valence-corrected chi connectivity index (χ1v) is 7.93. The zero-order valence-corrected chi connectivity index (χ0v) is 11.7. The zero-order valence-electron chi connectivity index (χ0n) is 10.9. The third-order valence-electron chi connectivity index (χ3n) is 2.58. The van der Waals surface area contributed by atoms with Crippen LogP contribution >= 0.6 is 0 Å². The van der Waals surface area contributed by atoms with Crippen molar-refractivity contribution in [1.29, 1.82) is 0 Å². The molecular formula is C12H15N3O4S. The lowest BCUT2D eigenvalue weighted by atomic mass is 10.1. The zero-order chi connectivity index (χ0) is 14.8. The van der Waals surface area contributed by atoms with Crippen molar-refractivity contribution >= 4 is 9.84 Å². The summed E-state index contributed by atoms with van der Waals surface area (Å²) in [6, 6.07) is 6.07. The van der Waals surface area contributed by atoms with Crippen LogP contribution in [-0.4, -0.2) is 29.9 Å². The Kier molecular flexibility index (Phi) is 4.05. The van der Waals surface area contributed by atoms with Crippen LogP contribution in [0.5, 0.6) is 5.75 Å². The maximum absolute atomic E-state index is 11.1. The first-order chi connectivity index (χ1) is 9.33. The molecule has 0 fully saturated rings. The Labute approximate surface area is 116 Å². The van der Waals surface area contributed by atoms with Crippen molar-refractivity contribution < 1.29 is 18.0 Å². The van der Waals surface area contributed by atoms with Crippen molar-refractivity contribution in [2.45, 2.75) is 18.2 Å². The number of hydrogen-bond donors (Lipinski definition) is 2. The average Bonchev–Trinajstić information content (AvgIpc) is 2.78. The number of nitrogens with zero attached hydrogens (tertiary/aromatic N) is 2. The number of sulfone groups is 1. The van der Waals surface area contributed by atoms with Gasteiger partial charge in [0.25, 0.3) is 0 Å². The summed E-state index contributed by atoms with van der Waals surface area (Å²) >= 11 is 0. The predicted molar refractivity (Wildman–Crippen MR) is 71.6 cm³/mol. The Balaban J connectivity index is 2.06. The third-order valence-corrected chi connectivity index (χ3v) is 3.37. The molecule has 20 heavy (non-hydrogen) atoms. The Morgan fingerprint density at radius 2 is 2.00 bits per heavy atom. The molecule has 0 radical (unpaired) electrons. The van der Waals surface area contributed by atoms with Crippen LogP contribution in [0.2, 0.25) is 0 Å². The van der Waals surface area contributed by atoms with Gasteiger partial charge in [-0.2, -0.15) is 4.98 Å². The van der Waals surface area contributed by atoms with Crippen molar-refractivity contribution in [3.05, 3.63) is 41.5 Å². The molecule has 3 N–H and O–H groups in total. The maximum atomic E-state index is 11.1. The first kappa shape index (κ1) is 14.5. The van der Waals surface area contributed by atoms with Crippen LogP contribution in [0, 0.1) is 0 Å². The molecule has 0 aliphatic heterocycles. The third kappa shape index (κ3) is 4.04. The molecule has 0 amide bonds. The van der Waals surface area contributed by atoms with Crippen molar-refractivity contribution in [3.63, 3.8) is 0 Å². The summed E-state index contributed by atoms with van der Waals surface area (Å²) in [4.78, 5) is 3.98. The number of phenolic OH excluding ortho intramolecular Hbond substituents is 1. The van der Waals surface area contributed by atoms with Crippen molar-refractivity contribution in [2.75, 3.05) is 6.26 Å². The molecule has 0 aliphatic rings. The molecule has 0 bridgehead atoms. The minimum atomic E-state index is -3.21. The topological polar surface area (TPSA) is 119 Å². The number of aromatic nitrogens is 2. The van der Waals surface area contributed by atoms with E-state index in [4.69, 9.17) is 10.3 Å². The van der Waals surface area contributed by atoms with E-state index in [1.54, 1.807) is 24.3 Å². The lowest BCUT2D eigenvalue weighted by Gasteiger charge is -2.06. The Hall–Kier alpha value is -1.93. The van der Waals surface area contributed by atoms with Gasteiger partial charge in [0.2, 0.25) is 5.89 Å². The van der Waals surface area contributed by atoms with Gasteiger partial charge in [-0.3, -0.25) is 0 Å². The lowest BCUT2D eigenvalue weighted by molar-refractivity contribution is 0.351. The van der Waals surface area contributed by atoms with E-state index < -0.39 is 15.9 Å². The summed E-state index contributed by atoms with van der Waals surface area (Å²) < 4.78 is 27.2. The molecule has 1 aromatic heterocycles. The predicted octanol–water partition coefficient (Wildman–Crippen LogP) is 0.562. The average molecular weight is 297 g/mol. The normalized spacial score (nSPS) is 13.3. The Morgan fingerprint density at radius 3 is 2.60 bits per heavy atom. The number of benzene rings is 1. The highest BCUT2D eigenvalue weighted by atomic mass is 32.2. The molecule has 8 heteroatoms. The molecule has 0 spiro atoms. The summed E-state index contributed by atoms with van der Waals surface area (Å²) in [5.74, 6) is 0.193. The highest BCUT2D eigenvalue weighted by Gasteiger charge is 2.17. The second-order valence-corrected chi connectivity index (χ2v) is 6.74. The van der Waals surface area contributed by atoms with Crippen LogP contribution in [-0.2, 0) is 22.0 Å². The monoisotopic (exact) mass is 297 g/mol. The first-order valence-electron chi connectivity index (χ1n) is 5.87. The maximum Gasteiger partial charge on any atom is 0.243 e. The molecule has 108 valence electrons. The molecule has 1 aromatic carbocycles. The number of rotatable bonds is 5. The summed E-state index contributed by atoms with van der Waals surface area (Å²) in [6.07, 6.45) is 1.54. The van der Waals surface area contributed by atoms with Crippen molar-refractivity contribution in [3.8, 4) is 5.75 Å².